The number of carbonyl (C=O) groups is 1. The number of nitrogens with zero attached hydrogens (tertiary/aromatic N) is 1. The van der Waals surface area contributed by atoms with E-state index in [4.69, 9.17) is 5.73 Å². The third-order valence-corrected chi connectivity index (χ3v) is 4.03. The van der Waals surface area contributed by atoms with Crippen LogP contribution in [0.2, 0.25) is 0 Å². The average Bonchev–Trinajstić information content (AvgIpc) is 2.45. The zero-order chi connectivity index (χ0) is 15.8. The molecule has 1 aromatic rings. The van der Waals surface area contributed by atoms with Crippen LogP contribution in [0.25, 0.3) is 0 Å². The Morgan fingerprint density at radius 1 is 1.24 bits per heavy atom. The van der Waals surface area contributed by atoms with Crippen LogP contribution in [0.4, 0.5) is 0 Å². The summed E-state index contributed by atoms with van der Waals surface area (Å²) in [5.41, 5.74) is 8.24. The van der Waals surface area contributed by atoms with E-state index in [2.05, 4.69) is 19.1 Å². The minimum atomic E-state index is 0.0766. The van der Waals surface area contributed by atoms with E-state index in [-0.39, 0.29) is 17.9 Å². The monoisotopic (exact) mass is 290 g/mol. The molecule has 118 valence electrons. The molecule has 0 radical (unpaired) electrons. The standard InChI is InChI=1S/C18H30N2O/c1-5-20(13-17-12-7-6-9-14(17)2)18(21)15(3)10-8-11-16(4)19/h6-7,9,12,15-16H,5,8,10-11,13,19H2,1-4H3. The van der Waals surface area contributed by atoms with Crippen LogP contribution in [0, 0.1) is 12.8 Å². The minimum absolute atomic E-state index is 0.0766. The highest BCUT2D eigenvalue weighted by atomic mass is 16.2. The lowest BCUT2D eigenvalue weighted by atomic mass is 10.00. The first-order valence-electron chi connectivity index (χ1n) is 8.04. The third kappa shape index (κ3) is 5.88. The summed E-state index contributed by atoms with van der Waals surface area (Å²) in [7, 11) is 0. The fourth-order valence-electron chi connectivity index (χ4n) is 2.52. The van der Waals surface area contributed by atoms with Crippen molar-refractivity contribution >= 4 is 5.91 Å². The second-order valence-corrected chi connectivity index (χ2v) is 6.09. The first kappa shape index (κ1) is 17.7. The van der Waals surface area contributed by atoms with Crippen molar-refractivity contribution in [3.63, 3.8) is 0 Å². The van der Waals surface area contributed by atoms with Gasteiger partial charge in [-0.1, -0.05) is 37.6 Å². The molecule has 0 saturated carbocycles. The zero-order valence-corrected chi connectivity index (χ0v) is 13.9. The Hall–Kier alpha value is -1.35. The maximum absolute atomic E-state index is 12.6. The molecule has 1 rings (SSSR count). The predicted octanol–water partition coefficient (Wildman–Crippen LogP) is 3.50. The summed E-state index contributed by atoms with van der Waals surface area (Å²) in [5.74, 6) is 0.332. The van der Waals surface area contributed by atoms with Crippen LogP contribution in [0.15, 0.2) is 24.3 Å². The second kappa shape index (κ2) is 8.83. The first-order chi connectivity index (χ1) is 9.95. The van der Waals surface area contributed by atoms with Crippen molar-refractivity contribution in [1.82, 2.24) is 4.90 Å². The van der Waals surface area contributed by atoms with Gasteiger partial charge in [-0.2, -0.15) is 0 Å². The molecule has 0 saturated heterocycles. The number of amides is 1. The van der Waals surface area contributed by atoms with E-state index in [1.54, 1.807) is 0 Å². The smallest absolute Gasteiger partial charge is 0.225 e. The molecule has 0 aliphatic carbocycles. The topological polar surface area (TPSA) is 46.3 Å². The Kier molecular flexibility index (Phi) is 7.44. The Balaban J connectivity index is 2.58. The summed E-state index contributed by atoms with van der Waals surface area (Å²) in [6.07, 6.45) is 2.93. The first-order valence-corrected chi connectivity index (χ1v) is 8.04. The molecule has 21 heavy (non-hydrogen) atoms. The van der Waals surface area contributed by atoms with Crippen molar-refractivity contribution < 1.29 is 4.79 Å². The van der Waals surface area contributed by atoms with Crippen molar-refractivity contribution in [2.75, 3.05) is 6.54 Å². The fraction of sp³-hybridized carbons (Fsp3) is 0.611. The van der Waals surface area contributed by atoms with Crippen LogP contribution < -0.4 is 5.73 Å². The lowest BCUT2D eigenvalue weighted by molar-refractivity contribution is -0.135. The van der Waals surface area contributed by atoms with Gasteiger partial charge in [-0.25, -0.2) is 0 Å². The van der Waals surface area contributed by atoms with Crippen molar-refractivity contribution in [3.8, 4) is 0 Å². The summed E-state index contributed by atoms with van der Waals surface area (Å²) in [6.45, 7) is 9.65. The van der Waals surface area contributed by atoms with E-state index in [0.717, 1.165) is 25.8 Å². The van der Waals surface area contributed by atoms with E-state index >= 15 is 0 Å². The van der Waals surface area contributed by atoms with Crippen LogP contribution in [-0.4, -0.2) is 23.4 Å². The van der Waals surface area contributed by atoms with Gasteiger partial charge in [0, 0.05) is 25.0 Å². The second-order valence-electron chi connectivity index (χ2n) is 6.09. The molecule has 1 amide bonds. The van der Waals surface area contributed by atoms with Gasteiger partial charge >= 0.3 is 0 Å². The molecule has 3 heteroatoms. The summed E-state index contributed by atoms with van der Waals surface area (Å²) in [5, 5.41) is 0. The van der Waals surface area contributed by atoms with E-state index in [9.17, 15) is 4.79 Å². The maximum Gasteiger partial charge on any atom is 0.225 e. The normalized spacial score (nSPS) is 13.8. The molecular weight excluding hydrogens is 260 g/mol. The number of aryl methyl sites for hydroxylation is 1. The summed E-state index contributed by atoms with van der Waals surface area (Å²) in [6, 6.07) is 8.49. The van der Waals surface area contributed by atoms with E-state index in [1.807, 2.05) is 37.8 Å². The Morgan fingerprint density at radius 2 is 1.90 bits per heavy atom. The number of nitrogens with two attached hydrogens (primary N) is 1. The van der Waals surface area contributed by atoms with Gasteiger partial charge in [-0.15, -0.1) is 0 Å². The molecule has 0 aromatic heterocycles. The van der Waals surface area contributed by atoms with Crippen LogP contribution in [0.5, 0.6) is 0 Å². The largest absolute Gasteiger partial charge is 0.338 e. The van der Waals surface area contributed by atoms with Crippen molar-refractivity contribution in [3.05, 3.63) is 35.4 Å². The SMILES string of the molecule is CCN(Cc1ccccc1C)C(=O)C(C)CCCC(C)N. The molecule has 3 nitrogen and oxygen atoms in total. The number of hydrogen-bond acceptors (Lipinski definition) is 2. The molecule has 1 aromatic carbocycles. The quantitative estimate of drug-likeness (QED) is 0.796. The number of carbonyl (C=O) groups excluding carboxylic acids is 1. The number of benzene rings is 1. The van der Waals surface area contributed by atoms with Crippen LogP contribution in [0.1, 0.15) is 51.2 Å². The van der Waals surface area contributed by atoms with Crippen molar-refractivity contribution in [2.45, 2.75) is 59.5 Å². The average molecular weight is 290 g/mol. The van der Waals surface area contributed by atoms with Gasteiger partial charge < -0.3 is 10.6 Å². The van der Waals surface area contributed by atoms with E-state index in [1.165, 1.54) is 11.1 Å². The highest BCUT2D eigenvalue weighted by Crippen LogP contribution is 2.16. The Bertz CT molecular complexity index is 443. The molecule has 2 unspecified atom stereocenters. The van der Waals surface area contributed by atoms with Crippen LogP contribution in [0.3, 0.4) is 0 Å². The van der Waals surface area contributed by atoms with Gasteiger partial charge in [0.05, 0.1) is 0 Å². The van der Waals surface area contributed by atoms with Crippen molar-refractivity contribution in [1.29, 1.82) is 0 Å². The molecule has 2 atom stereocenters. The van der Waals surface area contributed by atoms with Crippen LogP contribution in [-0.2, 0) is 11.3 Å². The summed E-state index contributed by atoms with van der Waals surface area (Å²) in [4.78, 5) is 14.5. The van der Waals surface area contributed by atoms with Gasteiger partial charge in [0.1, 0.15) is 0 Å². The number of hydrogen-bond donors (Lipinski definition) is 1. The minimum Gasteiger partial charge on any atom is -0.338 e. The number of rotatable bonds is 8. The molecule has 2 N–H and O–H groups in total. The Labute approximate surface area is 129 Å². The van der Waals surface area contributed by atoms with Gasteiger partial charge in [0.15, 0.2) is 0 Å². The van der Waals surface area contributed by atoms with Crippen molar-refractivity contribution in [2.24, 2.45) is 11.7 Å². The lowest BCUT2D eigenvalue weighted by Crippen LogP contribution is -2.34. The Morgan fingerprint density at radius 3 is 2.48 bits per heavy atom. The molecule has 0 bridgehead atoms. The highest BCUT2D eigenvalue weighted by molar-refractivity contribution is 5.78. The molecule has 0 fully saturated rings. The van der Waals surface area contributed by atoms with Gasteiger partial charge in [0.2, 0.25) is 5.91 Å². The molecule has 0 aliphatic heterocycles. The highest BCUT2D eigenvalue weighted by Gasteiger charge is 2.19. The zero-order valence-electron chi connectivity index (χ0n) is 13.9. The maximum atomic E-state index is 12.6. The molecule has 0 heterocycles. The third-order valence-electron chi connectivity index (χ3n) is 4.03. The molecular formula is C18H30N2O. The summed E-state index contributed by atoms with van der Waals surface area (Å²) < 4.78 is 0. The van der Waals surface area contributed by atoms with E-state index < -0.39 is 0 Å². The van der Waals surface area contributed by atoms with Gasteiger partial charge in [-0.3, -0.25) is 4.79 Å². The molecule has 0 spiro atoms. The van der Waals surface area contributed by atoms with Crippen LogP contribution >= 0.6 is 0 Å². The summed E-state index contributed by atoms with van der Waals surface area (Å²) >= 11 is 0. The molecule has 0 aliphatic rings. The predicted molar refractivity (Wildman–Crippen MR) is 88.9 cm³/mol. The lowest BCUT2D eigenvalue weighted by Gasteiger charge is -2.25. The van der Waals surface area contributed by atoms with E-state index in [0.29, 0.717) is 6.54 Å². The van der Waals surface area contributed by atoms with Gasteiger partial charge in [-0.05, 0) is 44.7 Å². The fourth-order valence-corrected chi connectivity index (χ4v) is 2.52. The van der Waals surface area contributed by atoms with Gasteiger partial charge in [0.25, 0.3) is 0 Å².